The predicted molar refractivity (Wildman–Crippen MR) is 118 cm³/mol. The molecule has 9 nitrogen and oxygen atoms in total. The zero-order valence-corrected chi connectivity index (χ0v) is 17.6. The quantitative estimate of drug-likeness (QED) is 0.489. The first-order valence-electron chi connectivity index (χ1n) is 9.87. The normalized spacial score (nSPS) is 18.2. The number of carboxylic acids is 1. The number of carboxylic acid groups (broad SMARTS) is 1. The molecule has 1 aliphatic carbocycles. The van der Waals surface area contributed by atoms with Crippen LogP contribution >= 0.6 is 0 Å². The minimum Gasteiger partial charge on any atom is -0.481 e. The van der Waals surface area contributed by atoms with Gasteiger partial charge in [0.2, 0.25) is 5.91 Å². The Hall–Kier alpha value is -3.79. The molecule has 1 aromatic heterocycles. The number of anilines is 2. The average molecular weight is 452 g/mol. The summed E-state index contributed by atoms with van der Waals surface area (Å²) in [5.74, 6) is -2.81. The zero-order chi connectivity index (χ0) is 22.7. The summed E-state index contributed by atoms with van der Waals surface area (Å²) in [7, 11) is -3.92. The number of nitrogens with zero attached hydrogens (tertiary/aromatic N) is 2. The van der Waals surface area contributed by atoms with Crippen LogP contribution in [0.25, 0.3) is 11.0 Å². The number of nitrogens with one attached hydrogen (secondary N) is 2. The van der Waals surface area contributed by atoms with Crippen molar-refractivity contribution in [3.05, 3.63) is 66.9 Å². The Morgan fingerprint density at radius 1 is 0.938 bits per heavy atom. The number of allylic oxidation sites excluding steroid dienone is 2. The Morgan fingerprint density at radius 3 is 2.28 bits per heavy atom. The Labute approximate surface area is 184 Å². The van der Waals surface area contributed by atoms with Gasteiger partial charge in [-0.2, -0.15) is 0 Å². The standard InChI is InChI=1S/C22H20N4O5S/c27-21(16-5-1-2-6-17(16)22(28)29)24-14-9-11-15(12-10-14)32(30,31)26-20-13-23-18-7-3-4-8-19(18)25-20/h1-4,7-13,16-17H,5-6H2,(H,24,27)(H,25,26)(H,28,29)/t16-,17+/m1/s1. The molecule has 2 atom stereocenters. The number of carbonyl (C=O) groups excluding carboxylic acids is 1. The van der Waals surface area contributed by atoms with Crippen molar-refractivity contribution in [2.45, 2.75) is 17.7 Å². The number of aliphatic carboxylic acids is 1. The second-order valence-corrected chi connectivity index (χ2v) is 9.04. The number of rotatable bonds is 6. The molecule has 32 heavy (non-hydrogen) atoms. The van der Waals surface area contributed by atoms with E-state index in [0.717, 1.165) is 0 Å². The lowest BCUT2D eigenvalue weighted by atomic mass is 9.82. The smallest absolute Gasteiger partial charge is 0.307 e. The summed E-state index contributed by atoms with van der Waals surface area (Å²) in [6.45, 7) is 0. The van der Waals surface area contributed by atoms with E-state index in [1.807, 2.05) is 6.07 Å². The summed E-state index contributed by atoms with van der Waals surface area (Å²) >= 11 is 0. The van der Waals surface area contributed by atoms with Gasteiger partial charge in [0.25, 0.3) is 10.0 Å². The van der Waals surface area contributed by atoms with Crippen molar-refractivity contribution in [1.82, 2.24) is 9.97 Å². The van der Waals surface area contributed by atoms with Crippen molar-refractivity contribution in [2.75, 3.05) is 10.0 Å². The fraction of sp³-hybridized carbons (Fsp3) is 0.182. The Bertz CT molecular complexity index is 1310. The first-order valence-corrected chi connectivity index (χ1v) is 11.4. The van der Waals surface area contributed by atoms with Gasteiger partial charge < -0.3 is 10.4 Å². The molecule has 10 heteroatoms. The highest BCUT2D eigenvalue weighted by Crippen LogP contribution is 2.27. The largest absolute Gasteiger partial charge is 0.481 e. The number of hydrogen-bond acceptors (Lipinski definition) is 6. The molecule has 3 aromatic rings. The number of para-hydroxylation sites is 2. The number of benzene rings is 2. The van der Waals surface area contributed by atoms with E-state index in [0.29, 0.717) is 29.6 Å². The SMILES string of the molecule is O=C(O)[C@H]1CC=CC[C@H]1C(=O)Nc1ccc(S(=O)(=O)Nc2cnc3ccccc3n2)cc1. The van der Waals surface area contributed by atoms with Crippen molar-refractivity contribution in [1.29, 1.82) is 0 Å². The van der Waals surface area contributed by atoms with Crippen LogP contribution in [0.4, 0.5) is 11.5 Å². The molecule has 0 saturated carbocycles. The van der Waals surface area contributed by atoms with Crippen LogP contribution in [0.2, 0.25) is 0 Å². The number of sulfonamides is 1. The van der Waals surface area contributed by atoms with Crippen LogP contribution in [0.3, 0.4) is 0 Å². The van der Waals surface area contributed by atoms with Gasteiger partial charge in [0.05, 0.1) is 34.0 Å². The molecule has 4 rings (SSSR count). The third-order valence-corrected chi connectivity index (χ3v) is 6.58. The van der Waals surface area contributed by atoms with Crippen LogP contribution in [0, 0.1) is 11.8 Å². The van der Waals surface area contributed by atoms with Crippen LogP contribution < -0.4 is 10.0 Å². The van der Waals surface area contributed by atoms with Gasteiger partial charge in [-0.3, -0.25) is 19.3 Å². The molecule has 1 amide bonds. The van der Waals surface area contributed by atoms with Crippen molar-refractivity contribution in [2.24, 2.45) is 11.8 Å². The van der Waals surface area contributed by atoms with Gasteiger partial charge in [-0.15, -0.1) is 0 Å². The minimum atomic E-state index is -3.92. The maximum absolute atomic E-state index is 12.7. The van der Waals surface area contributed by atoms with Crippen LogP contribution in [0.1, 0.15) is 12.8 Å². The van der Waals surface area contributed by atoms with Crippen LogP contribution in [0.5, 0.6) is 0 Å². The molecular formula is C22H20N4O5S. The Kier molecular flexibility index (Phi) is 5.87. The number of amides is 1. The van der Waals surface area contributed by atoms with Gasteiger partial charge in [-0.05, 0) is 49.2 Å². The van der Waals surface area contributed by atoms with E-state index in [-0.39, 0.29) is 10.7 Å². The van der Waals surface area contributed by atoms with Crippen molar-refractivity contribution in [3.63, 3.8) is 0 Å². The summed E-state index contributed by atoms with van der Waals surface area (Å²) in [6.07, 6.45) is 5.53. The van der Waals surface area contributed by atoms with Gasteiger partial charge in [-0.1, -0.05) is 24.3 Å². The minimum absolute atomic E-state index is 0.0190. The molecule has 1 aliphatic rings. The van der Waals surface area contributed by atoms with Crippen LogP contribution in [0.15, 0.2) is 71.8 Å². The van der Waals surface area contributed by atoms with E-state index in [2.05, 4.69) is 20.0 Å². The highest BCUT2D eigenvalue weighted by atomic mass is 32.2. The van der Waals surface area contributed by atoms with E-state index in [1.165, 1.54) is 30.5 Å². The summed E-state index contributed by atoms with van der Waals surface area (Å²) in [5, 5.41) is 12.0. The number of aromatic nitrogens is 2. The number of hydrogen-bond donors (Lipinski definition) is 3. The fourth-order valence-electron chi connectivity index (χ4n) is 3.53. The lowest BCUT2D eigenvalue weighted by molar-refractivity contribution is -0.146. The number of carbonyl (C=O) groups is 2. The van der Waals surface area contributed by atoms with E-state index in [1.54, 1.807) is 30.4 Å². The van der Waals surface area contributed by atoms with Gasteiger partial charge in [0.1, 0.15) is 0 Å². The van der Waals surface area contributed by atoms with E-state index < -0.39 is 33.7 Å². The Morgan fingerprint density at radius 2 is 1.59 bits per heavy atom. The molecule has 2 aromatic carbocycles. The molecule has 0 unspecified atom stereocenters. The molecule has 0 aliphatic heterocycles. The predicted octanol–water partition coefficient (Wildman–Crippen LogP) is 3.04. The van der Waals surface area contributed by atoms with Crippen molar-refractivity contribution in [3.8, 4) is 0 Å². The second kappa shape index (κ2) is 8.75. The van der Waals surface area contributed by atoms with E-state index in [9.17, 15) is 23.1 Å². The van der Waals surface area contributed by atoms with E-state index >= 15 is 0 Å². The molecule has 0 radical (unpaired) electrons. The highest BCUT2D eigenvalue weighted by molar-refractivity contribution is 7.92. The molecule has 1 heterocycles. The average Bonchev–Trinajstić information content (AvgIpc) is 2.79. The molecule has 0 fully saturated rings. The molecule has 0 spiro atoms. The first kappa shape index (κ1) is 21.4. The Balaban J connectivity index is 1.46. The lowest BCUT2D eigenvalue weighted by Gasteiger charge is -2.24. The second-order valence-electron chi connectivity index (χ2n) is 7.36. The maximum atomic E-state index is 12.7. The van der Waals surface area contributed by atoms with Gasteiger partial charge in [0, 0.05) is 5.69 Å². The van der Waals surface area contributed by atoms with Crippen LogP contribution in [-0.2, 0) is 19.6 Å². The third kappa shape index (κ3) is 4.59. The third-order valence-electron chi connectivity index (χ3n) is 5.21. The summed E-state index contributed by atoms with van der Waals surface area (Å²) in [4.78, 5) is 32.4. The maximum Gasteiger partial charge on any atom is 0.307 e. The number of fused-ring (bicyclic) bond motifs is 1. The zero-order valence-electron chi connectivity index (χ0n) is 16.8. The van der Waals surface area contributed by atoms with Gasteiger partial charge in [-0.25, -0.2) is 13.4 Å². The summed E-state index contributed by atoms with van der Waals surface area (Å²) in [5.41, 5.74) is 1.58. The molecular weight excluding hydrogens is 432 g/mol. The molecule has 164 valence electrons. The van der Waals surface area contributed by atoms with E-state index in [4.69, 9.17) is 0 Å². The lowest BCUT2D eigenvalue weighted by Crippen LogP contribution is -2.34. The molecule has 0 saturated heterocycles. The van der Waals surface area contributed by atoms with Crippen LogP contribution in [-0.4, -0.2) is 35.4 Å². The molecule has 3 N–H and O–H groups in total. The first-order chi connectivity index (χ1) is 15.3. The summed E-state index contributed by atoms with van der Waals surface area (Å²) in [6, 6.07) is 12.7. The monoisotopic (exact) mass is 452 g/mol. The fourth-order valence-corrected chi connectivity index (χ4v) is 4.52. The van der Waals surface area contributed by atoms with Crippen molar-refractivity contribution >= 4 is 44.4 Å². The molecule has 0 bridgehead atoms. The highest BCUT2D eigenvalue weighted by Gasteiger charge is 2.34. The van der Waals surface area contributed by atoms with Gasteiger partial charge >= 0.3 is 5.97 Å². The topological polar surface area (TPSA) is 138 Å². The van der Waals surface area contributed by atoms with Crippen molar-refractivity contribution < 1.29 is 23.1 Å². The summed E-state index contributed by atoms with van der Waals surface area (Å²) < 4.78 is 27.8. The van der Waals surface area contributed by atoms with Gasteiger partial charge in [0.15, 0.2) is 5.82 Å².